The predicted octanol–water partition coefficient (Wildman–Crippen LogP) is 3.21. The normalized spacial score (nSPS) is 36.6. The minimum Gasteiger partial charge on any atom is -0.446 e. The topological polar surface area (TPSA) is 50.4 Å². The van der Waals surface area contributed by atoms with Crippen LogP contribution in [0.2, 0.25) is 0 Å². The number of alkyl carbamates (subject to hydrolysis) is 1. The van der Waals surface area contributed by atoms with Crippen LogP contribution in [0.25, 0.3) is 0 Å². The molecule has 1 saturated carbocycles. The number of rotatable bonds is 2. The molecule has 4 heteroatoms. The minimum atomic E-state index is -0.298. The van der Waals surface area contributed by atoms with Crippen molar-refractivity contribution in [3.8, 4) is 0 Å². The molecule has 0 aromatic carbocycles. The summed E-state index contributed by atoms with van der Waals surface area (Å²) < 4.78 is 5.69. The molecule has 1 aliphatic carbocycles. The lowest BCUT2D eigenvalue weighted by atomic mass is 9.64. The molecule has 1 saturated heterocycles. The van der Waals surface area contributed by atoms with Gasteiger partial charge in [0.05, 0.1) is 0 Å². The van der Waals surface area contributed by atoms with Gasteiger partial charge in [0.1, 0.15) is 6.10 Å². The van der Waals surface area contributed by atoms with E-state index in [1.807, 2.05) is 0 Å². The maximum Gasteiger partial charge on any atom is 0.407 e. The van der Waals surface area contributed by atoms with E-state index in [0.29, 0.717) is 5.92 Å². The number of ether oxygens (including phenoxy) is 1. The average Bonchev–Trinajstić information content (AvgIpc) is 2.45. The summed E-state index contributed by atoms with van der Waals surface area (Å²) in [5, 5.41) is 6.54. The van der Waals surface area contributed by atoms with E-state index in [9.17, 15) is 4.79 Å². The molecule has 3 unspecified atom stereocenters. The first-order valence-corrected chi connectivity index (χ1v) is 8.12. The van der Waals surface area contributed by atoms with Gasteiger partial charge in [0.2, 0.25) is 0 Å². The Morgan fingerprint density at radius 1 is 1.35 bits per heavy atom. The lowest BCUT2D eigenvalue weighted by molar-refractivity contribution is -0.0541. The van der Waals surface area contributed by atoms with E-state index in [1.165, 1.54) is 32.1 Å². The zero-order valence-corrected chi connectivity index (χ0v) is 13.4. The molecule has 2 fully saturated rings. The minimum absolute atomic E-state index is 0.0132. The number of nitrogens with one attached hydrogen (secondary N) is 2. The lowest BCUT2D eigenvalue weighted by Crippen LogP contribution is -2.68. The second-order valence-corrected chi connectivity index (χ2v) is 6.94. The van der Waals surface area contributed by atoms with E-state index in [0.717, 1.165) is 12.8 Å². The molecule has 2 aliphatic rings. The van der Waals surface area contributed by atoms with Crippen molar-refractivity contribution in [1.29, 1.82) is 0 Å². The molecule has 1 aliphatic heterocycles. The molecule has 0 radical (unpaired) electrons. The highest BCUT2D eigenvalue weighted by molar-refractivity contribution is 5.66. The molecule has 4 nitrogen and oxygen atoms in total. The third-order valence-electron chi connectivity index (χ3n) is 5.62. The summed E-state index contributed by atoms with van der Waals surface area (Å²) in [6.45, 7) is 6.74. The summed E-state index contributed by atoms with van der Waals surface area (Å²) in [4.78, 5) is 11.6. The summed E-state index contributed by atoms with van der Waals surface area (Å²) in [5.41, 5.74) is 0.225. The molecular weight excluding hydrogens is 252 g/mol. The van der Waals surface area contributed by atoms with Gasteiger partial charge in [-0.3, -0.25) is 0 Å². The zero-order chi connectivity index (χ0) is 14.8. The summed E-state index contributed by atoms with van der Waals surface area (Å²) in [6, 6.07) is 0. The van der Waals surface area contributed by atoms with Gasteiger partial charge in [0.25, 0.3) is 0 Å². The molecule has 0 bridgehead atoms. The van der Waals surface area contributed by atoms with Crippen LogP contribution in [0.3, 0.4) is 0 Å². The fourth-order valence-electron chi connectivity index (χ4n) is 4.08. The SMILES string of the molecule is CCC1(C)CC(OC(=O)NC)C(C)C2(CCCCC2)N1. The standard InChI is InChI=1S/C16H30N2O2/c1-5-15(3)11-13(20-14(19)17-4)12(2)16(18-15)9-7-6-8-10-16/h12-13,18H,5-11H2,1-4H3,(H,17,19). The van der Waals surface area contributed by atoms with Gasteiger partial charge in [-0.2, -0.15) is 0 Å². The Bertz CT molecular complexity index is 352. The fraction of sp³-hybridized carbons (Fsp3) is 0.938. The quantitative estimate of drug-likeness (QED) is 0.817. The van der Waals surface area contributed by atoms with Gasteiger partial charge in [-0.15, -0.1) is 0 Å². The molecule has 116 valence electrons. The van der Waals surface area contributed by atoms with E-state index >= 15 is 0 Å². The van der Waals surface area contributed by atoms with E-state index in [2.05, 4.69) is 31.4 Å². The second-order valence-electron chi connectivity index (χ2n) is 6.94. The first-order chi connectivity index (χ1) is 9.45. The Morgan fingerprint density at radius 2 is 2.00 bits per heavy atom. The van der Waals surface area contributed by atoms with E-state index in [4.69, 9.17) is 4.74 Å². The third-order valence-corrected chi connectivity index (χ3v) is 5.62. The van der Waals surface area contributed by atoms with Crippen molar-refractivity contribution in [2.75, 3.05) is 7.05 Å². The fourth-order valence-corrected chi connectivity index (χ4v) is 4.08. The van der Waals surface area contributed by atoms with Gasteiger partial charge in [-0.05, 0) is 26.2 Å². The molecule has 0 aromatic heterocycles. The van der Waals surface area contributed by atoms with Crippen molar-refractivity contribution in [2.45, 2.75) is 82.9 Å². The van der Waals surface area contributed by atoms with Gasteiger partial charge in [0.15, 0.2) is 0 Å². The predicted molar refractivity (Wildman–Crippen MR) is 80.8 cm³/mol. The molecule has 1 heterocycles. The highest BCUT2D eigenvalue weighted by Gasteiger charge is 2.51. The number of amides is 1. The van der Waals surface area contributed by atoms with E-state index in [1.54, 1.807) is 7.05 Å². The van der Waals surface area contributed by atoms with Crippen molar-refractivity contribution >= 4 is 6.09 Å². The largest absolute Gasteiger partial charge is 0.446 e. The Hall–Kier alpha value is -0.770. The van der Waals surface area contributed by atoms with Crippen LogP contribution < -0.4 is 10.6 Å². The van der Waals surface area contributed by atoms with Crippen molar-refractivity contribution < 1.29 is 9.53 Å². The van der Waals surface area contributed by atoms with E-state index in [-0.39, 0.29) is 23.3 Å². The maximum absolute atomic E-state index is 11.6. The number of hydrogen-bond acceptors (Lipinski definition) is 3. The van der Waals surface area contributed by atoms with Crippen LogP contribution in [0.5, 0.6) is 0 Å². The smallest absolute Gasteiger partial charge is 0.407 e. The van der Waals surface area contributed by atoms with Crippen LogP contribution in [-0.2, 0) is 4.74 Å². The van der Waals surface area contributed by atoms with Gasteiger partial charge in [-0.25, -0.2) is 4.79 Å². The number of piperidine rings is 1. The van der Waals surface area contributed by atoms with Gasteiger partial charge >= 0.3 is 6.09 Å². The number of carbonyl (C=O) groups excluding carboxylic acids is 1. The van der Waals surface area contributed by atoms with Crippen LogP contribution >= 0.6 is 0 Å². The number of carbonyl (C=O) groups is 1. The molecule has 2 N–H and O–H groups in total. The highest BCUT2D eigenvalue weighted by atomic mass is 16.6. The summed E-state index contributed by atoms with van der Waals surface area (Å²) in [5.74, 6) is 0.375. The van der Waals surface area contributed by atoms with Crippen LogP contribution in [0.15, 0.2) is 0 Å². The van der Waals surface area contributed by atoms with Crippen molar-refractivity contribution in [1.82, 2.24) is 10.6 Å². The van der Waals surface area contributed by atoms with Gasteiger partial charge in [-0.1, -0.05) is 33.1 Å². The van der Waals surface area contributed by atoms with Crippen molar-refractivity contribution in [3.05, 3.63) is 0 Å². The lowest BCUT2D eigenvalue weighted by Gasteiger charge is -2.56. The van der Waals surface area contributed by atoms with Gasteiger partial charge in [0, 0.05) is 30.5 Å². The van der Waals surface area contributed by atoms with Crippen molar-refractivity contribution in [3.63, 3.8) is 0 Å². The molecule has 2 rings (SSSR count). The van der Waals surface area contributed by atoms with E-state index < -0.39 is 0 Å². The van der Waals surface area contributed by atoms with Crippen LogP contribution in [0, 0.1) is 5.92 Å². The Kier molecular flexibility index (Phi) is 4.62. The van der Waals surface area contributed by atoms with Crippen LogP contribution in [0.1, 0.15) is 65.7 Å². The Morgan fingerprint density at radius 3 is 2.55 bits per heavy atom. The van der Waals surface area contributed by atoms with Crippen LogP contribution in [0.4, 0.5) is 4.79 Å². The number of hydrogen-bond donors (Lipinski definition) is 2. The Balaban J connectivity index is 2.21. The second kappa shape index (κ2) is 5.92. The Labute approximate surface area is 123 Å². The maximum atomic E-state index is 11.6. The summed E-state index contributed by atoms with van der Waals surface area (Å²) in [6.07, 6.45) is 7.99. The van der Waals surface area contributed by atoms with Crippen LogP contribution in [-0.4, -0.2) is 30.3 Å². The molecule has 3 atom stereocenters. The zero-order valence-electron chi connectivity index (χ0n) is 13.4. The monoisotopic (exact) mass is 282 g/mol. The van der Waals surface area contributed by atoms with Gasteiger partial charge < -0.3 is 15.4 Å². The molecule has 1 amide bonds. The summed E-state index contributed by atoms with van der Waals surface area (Å²) >= 11 is 0. The molecule has 20 heavy (non-hydrogen) atoms. The molecule has 1 spiro atoms. The first kappa shape index (κ1) is 15.6. The summed E-state index contributed by atoms with van der Waals surface area (Å²) in [7, 11) is 1.63. The average molecular weight is 282 g/mol. The molecule has 0 aromatic rings. The van der Waals surface area contributed by atoms with Crippen molar-refractivity contribution in [2.24, 2.45) is 5.92 Å². The molecular formula is C16H30N2O2. The highest BCUT2D eigenvalue weighted by Crippen LogP contribution is 2.44. The first-order valence-electron chi connectivity index (χ1n) is 8.12. The third kappa shape index (κ3) is 2.95.